The average Bonchev–Trinajstić information content (AvgIpc) is 2.83. The molecule has 2 rings (SSSR count). The van der Waals surface area contributed by atoms with Crippen molar-refractivity contribution >= 4 is 41.1 Å². The predicted octanol–water partition coefficient (Wildman–Crippen LogP) is 2.16. The Morgan fingerprint density at radius 1 is 1.33 bits per heavy atom. The number of halogens is 2. The van der Waals surface area contributed by atoms with Gasteiger partial charge in [-0.25, -0.2) is 0 Å². The van der Waals surface area contributed by atoms with Crippen LogP contribution in [0.3, 0.4) is 0 Å². The van der Waals surface area contributed by atoms with E-state index in [0.29, 0.717) is 10.0 Å². The van der Waals surface area contributed by atoms with Crippen LogP contribution in [-0.2, 0) is 4.79 Å². The predicted molar refractivity (Wildman–Crippen MR) is 68.3 cm³/mol. The number of carbonyl (C=O) groups excluding carboxylic acids is 1. The number of hydrogen-bond acceptors (Lipinski definition) is 4. The summed E-state index contributed by atoms with van der Waals surface area (Å²) < 4.78 is 0. The van der Waals surface area contributed by atoms with Gasteiger partial charge in [-0.15, -0.1) is 5.10 Å². The second-order valence-electron chi connectivity index (χ2n) is 3.23. The van der Waals surface area contributed by atoms with Crippen LogP contribution in [0.25, 0.3) is 6.08 Å². The lowest BCUT2D eigenvalue weighted by Crippen LogP contribution is -2.09. The van der Waals surface area contributed by atoms with Crippen LogP contribution in [0, 0.1) is 0 Å². The monoisotopic (exact) mass is 283 g/mol. The van der Waals surface area contributed by atoms with Gasteiger partial charge in [0.25, 0.3) is 11.9 Å². The number of carbonyl (C=O) groups is 1. The molecule has 0 saturated heterocycles. The second kappa shape index (κ2) is 5.61. The topological polar surface area (TPSA) is 83.6 Å². The Hall–Kier alpha value is -1.92. The Balaban J connectivity index is 2.01. The summed E-state index contributed by atoms with van der Waals surface area (Å²) >= 11 is 11.6. The van der Waals surface area contributed by atoms with Crippen LogP contribution in [0.15, 0.2) is 24.3 Å². The Bertz CT molecular complexity index is 582. The normalized spacial score (nSPS) is 10.8. The van der Waals surface area contributed by atoms with E-state index in [2.05, 4.69) is 25.9 Å². The van der Waals surface area contributed by atoms with Gasteiger partial charge in [0.1, 0.15) is 0 Å². The van der Waals surface area contributed by atoms with Crippen LogP contribution < -0.4 is 5.32 Å². The molecule has 1 heterocycles. The number of nitrogens with one attached hydrogen (secondary N) is 2. The molecule has 18 heavy (non-hydrogen) atoms. The number of aromatic nitrogens is 4. The molecule has 0 fully saturated rings. The molecule has 0 bridgehead atoms. The van der Waals surface area contributed by atoms with Gasteiger partial charge in [-0.1, -0.05) is 34.4 Å². The summed E-state index contributed by atoms with van der Waals surface area (Å²) in [5.41, 5.74) is 0.757. The first-order valence-corrected chi connectivity index (χ1v) is 5.58. The second-order valence-corrected chi connectivity index (χ2v) is 4.05. The van der Waals surface area contributed by atoms with E-state index in [1.165, 1.54) is 6.08 Å². The molecular formula is C10H7Cl2N5O. The zero-order valence-electron chi connectivity index (χ0n) is 8.89. The van der Waals surface area contributed by atoms with E-state index in [1.807, 2.05) is 0 Å². The van der Waals surface area contributed by atoms with Crippen molar-refractivity contribution in [3.05, 3.63) is 39.9 Å². The SMILES string of the molecule is O=C(/C=C\c1ccc(Cl)c(Cl)c1)Nc1nn[nH]n1. The standard InChI is InChI=1S/C10H7Cl2N5O/c11-7-3-1-6(5-8(7)12)2-4-9(18)13-10-14-16-17-15-10/h1-5H,(H2,13,14,15,16,17,18)/b4-2-. The van der Waals surface area contributed by atoms with E-state index in [0.717, 1.165) is 5.56 Å². The molecule has 0 radical (unpaired) electrons. The summed E-state index contributed by atoms with van der Waals surface area (Å²) in [6.45, 7) is 0. The Morgan fingerprint density at radius 2 is 2.17 bits per heavy atom. The van der Waals surface area contributed by atoms with Gasteiger partial charge in [0.2, 0.25) is 0 Å². The van der Waals surface area contributed by atoms with Gasteiger partial charge < -0.3 is 0 Å². The number of hydrogen-bond donors (Lipinski definition) is 2. The van der Waals surface area contributed by atoms with Crippen molar-refractivity contribution in [1.82, 2.24) is 20.6 Å². The highest BCUT2D eigenvalue weighted by Crippen LogP contribution is 2.23. The largest absolute Gasteiger partial charge is 0.288 e. The molecule has 0 aliphatic rings. The number of anilines is 1. The first-order chi connectivity index (χ1) is 8.65. The van der Waals surface area contributed by atoms with Crippen LogP contribution in [0.2, 0.25) is 10.0 Å². The minimum Gasteiger partial charge on any atom is -0.288 e. The molecule has 0 aliphatic heterocycles. The summed E-state index contributed by atoms with van der Waals surface area (Å²) in [4.78, 5) is 11.5. The molecule has 0 aliphatic carbocycles. The molecule has 0 saturated carbocycles. The van der Waals surface area contributed by atoms with E-state index >= 15 is 0 Å². The number of tetrazole rings is 1. The van der Waals surface area contributed by atoms with E-state index in [1.54, 1.807) is 24.3 Å². The lowest BCUT2D eigenvalue weighted by molar-refractivity contribution is -0.111. The van der Waals surface area contributed by atoms with Crippen LogP contribution in [0.1, 0.15) is 5.56 Å². The van der Waals surface area contributed by atoms with Crippen molar-refractivity contribution < 1.29 is 4.79 Å². The van der Waals surface area contributed by atoms with Gasteiger partial charge in [-0.2, -0.15) is 5.21 Å². The van der Waals surface area contributed by atoms with Crippen LogP contribution in [0.4, 0.5) is 5.95 Å². The third-order valence-corrected chi connectivity index (χ3v) is 2.69. The zero-order valence-corrected chi connectivity index (χ0v) is 10.4. The van der Waals surface area contributed by atoms with Crippen molar-refractivity contribution in [3.63, 3.8) is 0 Å². The fourth-order valence-electron chi connectivity index (χ4n) is 1.15. The molecular weight excluding hydrogens is 277 g/mol. The highest BCUT2D eigenvalue weighted by molar-refractivity contribution is 6.42. The minimum atomic E-state index is -0.373. The summed E-state index contributed by atoms with van der Waals surface area (Å²) in [7, 11) is 0. The summed E-state index contributed by atoms with van der Waals surface area (Å²) in [6.07, 6.45) is 2.92. The summed E-state index contributed by atoms with van der Waals surface area (Å²) in [5.74, 6) is -0.263. The van der Waals surface area contributed by atoms with Crippen molar-refractivity contribution in [1.29, 1.82) is 0 Å². The summed E-state index contributed by atoms with van der Waals surface area (Å²) in [6, 6.07) is 5.05. The fraction of sp³-hybridized carbons (Fsp3) is 0. The Kier molecular flexibility index (Phi) is 3.91. The third-order valence-electron chi connectivity index (χ3n) is 1.95. The number of nitrogens with zero attached hydrogens (tertiary/aromatic N) is 3. The van der Waals surface area contributed by atoms with E-state index in [4.69, 9.17) is 23.2 Å². The molecule has 6 nitrogen and oxygen atoms in total. The van der Waals surface area contributed by atoms with Gasteiger partial charge in [0.15, 0.2) is 0 Å². The van der Waals surface area contributed by atoms with Gasteiger partial charge in [-0.3, -0.25) is 10.1 Å². The molecule has 0 spiro atoms. The molecule has 1 amide bonds. The molecule has 8 heteroatoms. The number of H-pyrrole nitrogens is 1. The van der Waals surface area contributed by atoms with E-state index in [-0.39, 0.29) is 11.9 Å². The van der Waals surface area contributed by atoms with E-state index < -0.39 is 0 Å². The van der Waals surface area contributed by atoms with Gasteiger partial charge in [-0.05, 0) is 29.0 Å². The maximum absolute atomic E-state index is 11.5. The maximum atomic E-state index is 11.5. The molecule has 0 atom stereocenters. The van der Waals surface area contributed by atoms with Crippen LogP contribution in [0.5, 0.6) is 0 Å². The third kappa shape index (κ3) is 3.28. The van der Waals surface area contributed by atoms with Gasteiger partial charge >= 0.3 is 0 Å². The quantitative estimate of drug-likeness (QED) is 0.846. The molecule has 1 aromatic heterocycles. The van der Waals surface area contributed by atoms with Crippen molar-refractivity contribution in [2.75, 3.05) is 5.32 Å². The molecule has 2 aromatic rings. The number of rotatable bonds is 3. The van der Waals surface area contributed by atoms with Gasteiger partial charge in [0, 0.05) is 6.08 Å². The lowest BCUT2D eigenvalue weighted by atomic mass is 10.2. The van der Waals surface area contributed by atoms with Crippen molar-refractivity contribution in [2.24, 2.45) is 0 Å². The van der Waals surface area contributed by atoms with E-state index in [9.17, 15) is 4.79 Å². The minimum absolute atomic E-state index is 0.110. The van der Waals surface area contributed by atoms with Gasteiger partial charge in [0.05, 0.1) is 10.0 Å². The Labute approximate surface area is 112 Å². The highest BCUT2D eigenvalue weighted by atomic mass is 35.5. The van der Waals surface area contributed by atoms with Crippen LogP contribution in [-0.4, -0.2) is 26.5 Å². The number of amides is 1. The molecule has 0 unspecified atom stereocenters. The zero-order chi connectivity index (χ0) is 13.0. The fourth-order valence-corrected chi connectivity index (χ4v) is 1.46. The summed E-state index contributed by atoms with van der Waals surface area (Å²) in [5, 5.41) is 16.0. The maximum Gasteiger partial charge on any atom is 0.270 e. The molecule has 2 N–H and O–H groups in total. The highest BCUT2D eigenvalue weighted by Gasteiger charge is 2.01. The van der Waals surface area contributed by atoms with Crippen molar-refractivity contribution in [2.45, 2.75) is 0 Å². The lowest BCUT2D eigenvalue weighted by Gasteiger charge is -1.97. The molecule has 1 aromatic carbocycles. The average molecular weight is 284 g/mol. The van der Waals surface area contributed by atoms with Crippen molar-refractivity contribution in [3.8, 4) is 0 Å². The Morgan fingerprint density at radius 3 is 2.83 bits per heavy atom. The van der Waals surface area contributed by atoms with Crippen LogP contribution >= 0.6 is 23.2 Å². The molecule has 92 valence electrons. The number of aromatic amines is 1. The first-order valence-electron chi connectivity index (χ1n) is 4.83. The smallest absolute Gasteiger partial charge is 0.270 e. The number of benzene rings is 1. The first kappa shape index (κ1) is 12.5.